The number of aliphatic imine (C=N–C) groups is 1. The summed E-state index contributed by atoms with van der Waals surface area (Å²) in [5.74, 6) is 1.81. The Kier molecular flexibility index (Phi) is 4.02. The topological polar surface area (TPSA) is 59.9 Å². The van der Waals surface area contributed by atoms with Crippen molar-refractivity contribution in [2.75, 3.05) is 14.2 Å². The maximum absolute atomic E-state index is 12.0. The van der Waals surface area contributed by atoms with Crippen LogP contribution < -0.4 is 14.8 Å². The van der Waals surface area contributed by atoms with E-state index in [0.717, 1.165) is 5.56 Å². The van der Waals surface area contributed by atoms with Crippen molar-refractivity contribution in [1.29, 1.82) is 0 Å². The fourth-order valence-corrected chi connectivity index (χ4v) is 1.89. The van der Waals surface area contributed by atoms with E-state index in [1.165, 1.54) is 0 Å². The van der Waals surface area contributed by atoms with Gasteiger partial charge in [0, 0.05) is 11.5 Å². The van der Waals surface area contributed by atoms with Gasteiger partial charge in [0.15, 0.2) is 0 Å². The Hall–Kier alpha value is -2.30. The maximum Gasteiger partial charge on any atom is 0.275 e. The Morgan fingerprint density at radius 2 is 1.67 bits per heavy atom. The van der Waals surface area contributed by atoms with Crippen molar-refractivity contribution in [3.05, 3.63) is 29.5 Å². The molecule has 0 spiro atoms. The maximum atomic E-state index is 12.0. The lowest BCUT2D eigenvalue weighted by molar-refractivity contribution is -0.115. The number of carbonyl (C=O) groups excluding carboxylic acids is 1. The zero-order chi connectivity index (χ0) is 15.6. The lowest BCUT2D eigenvalue weighted by atomic mass is 9.95. The van der Waals surface area contributed by atoms with Crippen molar-refractivity contribution < 1.29 is 14.3 Å². The molecule has 5 nitrogen and oxygen atoms in total. The van der Waals surface area contributed by atoms with Crippen molar-refractivity contribution in [1.82, 2.24) is 5.32 Å². The molecule has 0 atom stereocenters. The number of amidine groups is 1. The van der Waals surface area contributed by atoms with Crippen LogP contribution >= 0.6 is 0 Å². The number of nitrogens with one attached hydrogen (secondary N) is 1. The van der Waals surface area contributed by atoms with Crippen LogP contribution in [0.4, 0.5) is 0 Å². The molecule has 1 amide bonds. The molecule has 1 aromatic rings. The number of benzene rings is 1. The zero-order valence-electron chi connectivity index (χ0n) is 13.0. The molecular weight excluding hydrogens is 268 g/mol. The number of rotatable bonds is 3. The van der Waals surface area contributed by atoms with Gasteiger partial charge in [-0.15, -0.1) is 0 Å². The van der Waals surface area contributed by atoms with Crippen LogP contribution in [0.2, 0.25) is 0 Å². The molecule has 0 aromatic heterocycles. The minimum atomic E-state index is -0.197. The van der Waals surface area contributed by atoms with Gasteiger partial charge in [0.1, 0.15) is 23.0 Å². The second-order valence-corrected chi connectivity index (χ2v) is 5.84. The molecule has 0 saturated carbocycles. The Balaban J connectivity index is 2.40. The summed E-state index contributed by atoms with van der Waals surface area (Å²) < 4.78 is 10.4. The third-order valence-corrected chi connectivity index (χ3v) is 3.08. The second-order valence-electron chi connectivity index (χ2n) is 5.84. The number of carbonyl (C=O) groups is 1. The highest BCUT2D eigenvalue weighted by Gasteiger charge is 2.28. The van der Waals surface area contributed by atoms with Crippen LogP contribution in [0.5, 0.6) is 11.5 Å². The van der Waals surface area contributed by atoms with Crippen LogP contribution in [0.1, 0.15) is 26.3 Å². The van der Waals surface area contributed by atoms with Gasteiger partial charge in [0.05, 0.1) is 14.2 Å². The van der Waals surface area contributed by atoms with Crippen molar-refractivity contribution in [3.8, 4) is 11.5 Å². The van der Waals surface area contributed by atoms with Gasteiger partial charge < -0.3 is 14.8 Å². The first-order chi connectivity index (χ1) is 9.83. The minimum Gasteiger partial charge on any atom is -0.497 e. The summed E-state index contributed by atoms with van der Waals surface area (Å²) in [5.41, 5.74) is 0.989. The average Bonchev–Trinajstić information content (AvgIpc) is 2.79. The molecule has 1 aliphatic heterocycles. The van der Waals surface area contributed by atoms with E-state index in [1.54, 1.807) is 26.4 Å². The molecule has 1 aromatic carbocycles. The summed E-state index contributed by atoms with van der Waals surface area (Å²) >= 11 is 0. The van der Waals surface area contributed by atoms with Crippen LogP contribution in [0, 0.1) is 5.41 Å². The largest absolute Gasteiger partial charge is 0.497 e. The summed E-state index contributed by atoms with van der Waals surface area (Å²) in [6.07, 6.45) is 1.72. The molecule has 5 heteroatoms. The molecule has 0 aliphatic carbocycles. The predicted octanol–water partition coefficient (Wildman–Crippen LogP) is 2.62. The van der Waals surface area contributed by atoms with Gasteiger partial charge in [0.2, 0.25) is 0 Å². The smallest absolute Gasteiger partial charge is 0.275 e. The summed E-state index contributed by atoms with van der Waals surface area (Å²) in [5, 5.41) is 2.80. The third-order valence-electron chi connectivity index (χ3n) is 3.08. The van der Waals surface area contributed by atoms with Crippen molar-refractivity contribution in [3.63, 3.8) is 0 Å². The van der Waals surface area contributed by atoms with Crippen LogP contribution in [0.3, 0.4) is 0 Å². The molecule has 0 fully saturated rings. The number of methoxy groups -OCH3 is 2. The van der Waals surface area contributed by atoms with E-state index in [9.17, 15) is 4.79 Å². The molecular formula is C16H20N2O3. The van der Waals surface area contributed by atoms with Gasteiger partial charge >= 0.3 is 0 Å². The first-order valence-electron chi connectivity index (χ1n) is 6.69. The van der Waals surface area contributed by atoms with E-state index in [2.05, 4.69) is 10.3 Å². The highest BCUT2D eigenvalue weighted by molar-refractivity contribution is 6.15. The molecule has 21 heavy (non-hydrogen) atoms. The molecule has 0 radical (unpaired) electrons. The number of ether oxygens (including phenoxy) is 2. The van der Waals surface area contributed by atoms with Crippen molar-refractivity contribution in [2.45, 2.75) is 20.8 Å². The fourth-order valence-electron chi connectivity index (χ4n) is 1.89. The SMILES string of the molecule is COc1cc(/C=C2/N=C(C(C)(C)C)NC2=O)cc(OC)c1. The summed E-state index contributed by atoms with van der Waals surface area (Å²) in [6.45, 7) is 6.01. The van der Waals surface area contributed by atoms with Gasteiger partial charge in [-0.1, -0.05) is 20.8 Å². The van der Waals surface area contributed by atoms with Gasteiger partial charge in [-0.3, -0.25) is 4.79 Å². The fraction of sp³-hybridized carbons (Fsp3) is 0.375. The Labute approximate surface area is 124 Å². The molecule has 0 bridgehead atoms. The summed E-state index contributed by atoms with van der Waals surface area (Å²) in [4.78, 5) is 16.4. The van der Waals surface area contributed by atoms with Crippen LogP contribution in [-0.4, -0.2) is 26.0 Å². The highest BCUT2D eigenvalue weighted by Crippen LogP contribution is 2.26. The van der Waals surface area contributed by atoms with Gasteiger partial charge in [-0.2, -0.15) is 0 Å². The highest BCUT2D eigenvalue weighted by atomic mass is 16.5. The van der Waals surface area contributed by atoms with Crippen molar-refractivity contribution in [2.24, 2.45) is 10.4 Å². The molecule has 2 rings (SSSR count). The lowest BCUT2D eigenvalue weighted by Crippen LogP contribution is -2.34. The van der Waals surface area contributed by atoms with Gasteiger partial charge in [-0.05, 0) is 23.8 Å². The number of hydrogen-bond acceptors (Lipinski definition) is 4. The Morgan fingerprint density at radius 1 is 1.10 bits per heavy atom. The van der Waals surface area contributed by atoms with E-state index in [0.29, 0.717) is 23.0 Å². The number of hydrogen-bond donors (Lipinski definition) is 1. The Bertz CT molecular complexity index is 603. The first-order valence-corrected chi connectivity index (χ1v) is 6.69. The van der Waals surface area contributed by atoms with Crippen molar-refractivity contribution >= 4 is 17.8 Å². The van der Waals surface area contributed by atoms with Crippen LogP contribution in [0.25, 0.3) is 6.08 Å². The third kappa shape index (κ3) is 3.42. The monoisotopic (exact) mass is 288 g/mol. The minimum absolute atomic E-state index is 0.193. The van der Waals surface area contributed by atoms with Crippen LogP contribution in [0.15, 0.2) is 28.9 Å². The number of nitrogens with zero attached hydrogens (tertiary/aromatic N) is 1. The van der Waals surface area contributed by atoms with E-state index >= 15 is 0 Å². The molecule has 0 saturated heterocycles. The quantitative estimate of drug-likeness (QED) is 0.870. The normalized spacial score (nSPS) is 16.7. The van der Waals surface area contributed by atoms with Gasteiger partial charge in [0.25, 0.3) is 5.91 Å². The molecule has 112 valence electrons. The average molecular weight is 288 g/mol. The summed E-state index contributed by atoms with van der Waals surface area (Å²) in [6, 6.07) is 5.43. The lowest BCUT2D eigenvalue weighted by Gasteiger charge is -2.16. The standard InChI is InChI=1S/C16H20N2O3/c1-16(2,3)15-17-13(14(19)18-15)8-10-6-11(20-4)9-12(7-10)21-5/h6-9H,1-5H3,(H,17,18,19)/b13-8+. The van der Waals surface area contributed by atoms with E-state index < -0.39 is 0 Å². The van der Waals surface area contributed by atoms with Gasteiger partial charge in [-0.25, -0.2) is 4.99 Å². The molecule has 1 heterocycles. The van der Waals surface area contributed by atoms with Crippen LogP contribution in [-0.2, 0) is 4.79 Å². The second kappa shape index (κ2) is 5.60. The molecule has 0 unspecified atom stereocenters. The Morgan fingerprint density at radius 3 is 2.10 bits per heavy atom. The molecule has 1 aliphatic rings. The zero-order valence-corrected chi connectivity index (χ0v) is 13.0. The first kappa shape index (κ1) is 15.1. The van der Waals surface area contributed by atoms with E-state index in [-0.39, 0.29) is 11.3 Å². The number of amides is 1. The summed E-state index contributed by atoms with van der Waals surface area (Å²) in [7, 11) is 3.17. The predicted molar refractivity (Wildman–Crippen MR) is 82.6 cm³/mol. The molecule has 1 N–H and O–H groups in total. The van der Waals surface area contributed by atoms with E-state index in [1.807, 2.05) is 32.9 Å². The van der Waals surface area contributed by atoms with E-state index in [4.69, 9.17) is 9.47 Å².